The molecule has 0 aromatic heterocycles. The number of carbonyl (C=O) groups excluding carboxylic acids is 1. The topological polar surface area (TPSA) is 38.3 Å². The van der Waals surface area contributed by atoms with Crippen molar-refractivity contribution in [1.82, 2.24) is 5.32 Å². The molecular weight excluding hydrogens is 402 g/mol. The first kappa shape index (κ1) is 18.0. The van der Waals surface area contributed by atoms with Gasteiger partial charge in [0.2, 0.25) is 0 Å². The van der Waals surface area contributed by atoms with Crippen molar-refractivity contribution in [3.05, 3.63) is 94.0 Å². The zero-order valence-corrected chi connectivity index (χ0v) is 16.8. The highest BCUT2D eigenvalue weighted by atomic mass is 79.9. The molecule has 4 rings (SSSR count). The molecule has 0 saturated carbocycles. The summed E-state index contributed by atoms with van der Waals surface area (Å²) in [5.41, 5.74) is 5.11. The predicted molar refractivity (Wildman–Crippen MR) is 111 cm³/mol. The van der Waals surface area contributed by atoms with Crippen molar-refractivity contribution in [3.8, 4) is 11.1 Å². The lowest BCUT2D eigenvalue weighted by atomic mass is 9.80. The lowest BCUT2D eigenvalue weighted by molar-refractivity contribution is -0.143. The molecule has 1 N–H and O–H groups in total. The Morgan fingerprint density at radius 2 is 1.44 bits per heavy atom. The highest BCUT2D eigenvalue weighted by Gasteiger charge is 2.45. The second-order valence-electron chi connectivity index (χ2n) is 6.74. The molecule has 0 heterocycles. The van der Waals surface area contributed by atoms with E-state index in [-0.39, 0.29) is 5.97 Å². The number of methoxy groups -OCH3 is 1. The van der Waals surface area contributed by atoms with Gasteiger partial charge < -0.3 is 4.74 Å². The summed E-state index contributed by atoms with van der Waals surface area (Å²) in [5, 5.41) is 3.60. The number of halogens is 1. The summed E-state index contributed by atoms with van der Waals surface area (Å²) < 4.78 is 6.01. The standard InChI is InChI=1S/C23H20BrNO2/c1-15(22(26)27-2)25-23(16-11-13-17(24)14-12-16)20-9-5-3-7-18(20)19-8-4-6-10-21(19)23/h3-15,25H,1-2H3/t15-/m0/s1. The van der Waals surface area contributed by atoms with Crippen LogP contribution in [0.5, 0.6) is 0 Å². The fraction of sp³-hybridized carbons (Fsp3) is 0.174. The van der Waals surface area contributed by atoms with E-state index in [0.29, 0.717) is 0 Å². The van der Waals surface area contributed by atoms with Gasteiger partial charge in [-0.15, -0.1) is 0 Å². The molecule has 0 spiro atoms. The van der Waals surface area contributed by atoms with Crippen LogP contribution < -0.4 is 5.32 Å². The second-order valence-corrected chi connectivity index (χ2v) is 7.65. The Hall–Kier alpha value is -2.43. The first-order valence-corrected chi connectivity index (χ1v) is 9.68. The molecule has 1 atom stereocenters. The molecule has 0 radical (unpaired) electrons. The van der Waals surface area contributed by atoms with E-state index in [2.05, 4.69) is 69.8 Å². The van der Waals surface area contributed by atoms with Crippen LogP contribution in [0.1, 0.15) is 23.6 Å². The molecule has 3 nitrogen and oxygen atoms in total. The summed E-state index contributed by atoms with van der Waals surface area (Å²) in [5.74, 6) is -0.284. The molecule has 1 aliphatic rings. The number of fused-ring (bicyclic) bond motifs is 3. The fourth-order valence-corrected chi connectivity index (χ4v) is 4.31. The first-order chi connectivity index (χ1) is 13.1. The van der Waals surface area contributed by atoms with Crippen molar-refractivity contribution in [3.63, 3.8) is 0 Å². The summed E-state index contributed by atoms with van der Waals surface area (Å²) in [7, 11) is 1.42. The Balaban J connectivity index is 2.01. The van der Waals surface area contributed by atoms with Gasteiger partial charge in [0, 0.05) is 4.47 Å². The maximum Gasteiger partial charge on any atom is 0.322 e. The third kappa shape index (κ3) is 2.80. The number of carbonyl (C=O) groups is 1. The average molecular weight is 422 g/mol. The van der Waals surface area contributed by atoms with Gasteiger partial charge in [-0.2, -0.15) is 0 Å². The van der Waals surface area contributed by atoms with Crippen LogP contribution in [-0.2, 0) is 15.1 Å². The third-order valence-electron chi connectivity index (χ3n) is 5.22. The molecule has 1 aliphatic carbocycles. The smallest absolute Gasteiger partial charge is 0.322 e. The lowest BCUT2D eigenvalue weighted by Gasteiger charge is -2.36. The van der Waals surface area contributed by atoms with E-state index in [1.807, 2.05) is 31.2 Å². The molecule has 4 heteroatoms. The molecule has 0 aliphatic heterocycles. The van der Waals surface area contributed by atoms with Gasteiger partial charge in [-0.05, 0) is 46.9 Å². The quantitative estimate of drug-likeness (QED) is 0.610. The monoisotopic (exact) mass is 421 g/mol. The van der Waals surface area contributed by atoms with Gasteiger partial charge in [-0.1, -0.05) is 76.6 Å². The minimum absolute atomic E-state index is 0.284. The zero-order chi connectivity index (χ0) is 19.0. The minimum Gasteiger partial charge on any atom is -0.468 e. The van der Waals surface area contributed by atoms with Gasteiger partial charge >= 0.3 is 5.97 Å². The van der Waals surface area contributed by atoms with Gasteiger partial charge in [0.1, 0.15) is 6.04 Å². The van der Waals surface area contributed by atoms with Crippen LogP contribution in [0.4, 0.5) is 0 Å². The summed E-state index contributed by atoms with van der Waals surface area (Å²) in [4.78, 5) is 12.3. The maximum absolute atomic E-state index is 12.3. The highest BCUT2D eigenvalue weighted by molar-refractivity contribution is 9.10. The van der Waals surface area contributed by atoms with E-state index in [9.17, 15) is 4.79 Å². The van der Waals surface area contributed by atoms with Gasteiger partial charge in [0.05, 0.1) is 12.6 Å². The number of nitrogens with one attached hydrogen (secondary N) is 1. The normalized spacial score (nSPS) is 14.9. The van der Waals surface area contributed by atoms with Gasteiger partial charge in [0.15, 0.2) is 0 Å². The van der Waals surface area contributed by atoms with E-state index in [0.717, 1.165) is 21.2 Å². The first-order valence-electron chi connectivity index (χ1n) is 8.89. The minimum atomic E-state index is -0.624. The van der Waals surface area contributed by atoms with Gasteiger partial charge in [-0.3, -0.25) is 10.1 Å². The van der Waals surface area contributed by atoms with Crippen LogP contribution in [0.3, 0.4) is 0 Å². The van der Waals surface area contributed by atoms with E-state index >= 15 is 0 Å². The van der Waals surface area contributed by atoms with Gasteiger partial charge in [0.25, 0.3) is 0 Å². The summed E-state index contributed by atoms with van der Waals surface area (Å²) >= 11 is 3.53. The van der Waals surface area contributed by atoms with Gasteiger partial charge in [-0.25, -0.2) is 0 Å². The second kappa shape index (κ2) is 6.95. The van der Waals surface area contributed by atoms with E-state index in [1.165, 1.54) is 18.2 Å². The Morgan fingerprint density at radius 1 is 0.926 bits per heavy atom. The third-order valence-corrected chi connectivity index (χ3v) is 5.75. The average Bonchev–Trinajstić information content (AvgIpc) is 2.99. The van der Waals surface area contributed by atoms with E-state index < -0.39 is 11.6 Å². The predicted octanol–water partition coefficient (Wildman–Crippen LogP) is 4.87. The molecule has 0 bridgehead atoms. The molecule has 0 amide bonds. The van der Waals surface area contributed by atoms with Crippen molar-refractivity contribution >= 4 is 21.9 Å². The number of esters is 1. The zero-order valence-electron chi connectivity index (χ0n) is 15.2. The number of hydrogen-bond donors (Lipinski definition) is 1. The molecule has 0 unspecified atom stereocenters. The van der Waals surface area contributed by atoms with Crippen LogP contribution in [0.2, 0.25) is 0 Å². The number of rotatable bonds is 4. The molecule has 0 fully saturated rings. The largest absolute Gasteiger partial charge is 0.468 e. The Labute approximate surface area is 167 Å². The molecular formula is C23H20BrNO2. The van der Waals surface area contributed by atoms with Crippen molar-refractivity contribution in [2.75, 3.05) is 7.11 Å². The number of benzene rings is 3. The van der Waals surface area contributed by atoms with Crippen molar-refractivity contribution in [1.29, 1.82) is 0 Å². The van der Waals surface area contributed by atoms with E-state index in [4.69, 9.17) is 4.74 Å². The number of hydrogen-bond acceptors (Lipinski definition) is 3. The highest BCUT2D eigenvalue weighted by Crippen LogP contribution is 2.51. The van der Waals surface area contributed by atoms with Crippen LogP contribution in [0, 0.1) is 0 Å². The van der Waals surface area contributed by atoms with Crippen molar-refractivity contribution in [2.45, 2.75) is 18.5 Å². The Bertz CT molecular complexity index is 952. The molecule has 136 valence electrons. The summed E-state index contributed by atoms with van der Waals surface area (Å²) in [6.07, 6.45) is 0. The fourth-order valence-electron chi connectivity index (χ4n) is 4.05. The molecule has 3 aromatic rings. The molecule has 0 saturated heterocycles. The van der Waals surface area contributed by atoms with Crippen LogP contribution in [0.25, 0.3) is 11.1 Å². The van der Waals surface area contributed by atoms with Crippen molar-refractivity contribution in [2.24, 2.45) is 0 Å². The van der Waals surface area contributed by atoms with E-state index in [1.54, 1.807) is 0 Å². The SMILES string of the molecule is COC(=O)[C@H](C)NC1(c2ccc(Br)cc2)c2ccccc2-c2ccccc21. The van der Waals surface area contributed by atoms with Crippen LogP contribution >= 0.6 is 15.9 Å². The molecule has 3 aromatic carbocycles. The van der Waals surface area contributed by atoms with Crippen LogP contribution in [-0.4, -0.2) is 19.1 Å². The lowest BCUT2D eigenvalue weighted by Crippen LogP contribution is -2.50. The Morgan fingerprint density at radius 3 is 1.96 bits per heavy atom. The summed E-state index contributed by atoms with van der Waals surface area (Å²) in [6.45, 7) is 1.84. The molecule has 27 heavy (non-hydrogen) atoms. The Kier molecular flexibility index (Phi) is 4.62. The number of ether oxygens (including phenoxy) is 1. The van der Waals surface area contributed by atoms with Crippen LogP contribution in [0.15, 0.2) is 77.3 Å². The van der Waals surface area contributed by atoms with Crippen molar-refractivity contribution < 1.29 is 9.53 Å². The maximum atomic E-state index is 12.3. The summed E-state index contributed by atoms with van der Waals surface area (Å²) in [6, 6.07) is 24.5.